The number of fused-ring (bicyclic) bond motifs is 3. The Balaban J connectivity index is 1.99. The Bertz CT molecular complexity index is 1120. The van der Waals surface area contributed by atoms with E-state index in [1.165, 1.54) is 9.13 Å². The molecule has 0 saturated heterocycles. The Hall–Kier alpha value is -3.09. The predicted octanol–water partition coefficient (Wildman–Crippen LogP) is 1.54. The van der Waals surface area contributed by atoms with Gasteiger partial charge in [-0.1, -0.05) is 18.2 Å². The lowest BCUT2D eigenvalue weighted by molar-refractivity contribution is 0.662. The van der Waals surface area contributed by atoms with E-state index in [9.17, 15) is 9.59 Å². The molecule has 0 atom stereocenters. The van der Waals surface area contributed by atoms with Crippen LogP contribution in [0.1, 0.15) is 5.56 Å². The number of imidazole rings is 1. The molecule has 128 valence electrons. The third kappa shape index (κ3) is 2.15. The van der Waals surface area contributed by atoms with Gasteiger partial charge in [-0.05, 0) is 24.6 Å². The second-order valence-electron chi connectivity index (χ2n) is 6.27. The van der Waals surface area contributed by atoms with Crippen molar-refractivity contribution in [1.82, 2.24) is 18.7 Å². The average molecular weight is 337 g/mol. The van der Waals surface area contributed by atoms with Gasteiger partial charge in [0.15, 0.2) is 11.2 Å². The van der Waals surface area contributed by atoms with Crippen LogP contribution >= 0.6 is 0 Å². The molecule has 0 aliphatic carbocycles. The number of allylic oxidation sites excluding steroid dienone is 1. The largest absolute Gasteiger partial charge is 0.332 e. The van der Waals surface area contributed by atoms with Crippen LogP contribution in [0, 0.1) is 6.92 Å². The predicted molar refractivity (Wildman–Crippen MR) is 97.6 cm³/mol. The van der Waals surface area contributed by atoms with Crippen LogP contribution in [-0.2, 0) is 20.1 Å². The highest BCUT2D eigenvalue weighted by molar-refractivity contribution is 5.77. The second-order valence-corrected chi connectivity index (χ2v) is 6.27. The van der Waals surface area contributed by atoms with E-state index in [0.717, 1.165) is 17.8 Å². The van der Waals surface area contributed by atoms with Gasteiger partial charge in [0.2, 0.25) is 5.95 Å². The molecule has 7 nitrogen and oxygen atoms in total. The normalized spacial score (nSPS) is 13.4. The van der Waals surface area contributed by atoms with Gasteiger partial charge in [0, 0.05) is 32.4 Å². The maximum atomic E-state index is 12.8. The highest BCUT2D eigenvalue weighted by atomic mass is 16.2. The summed E-state index contributed by atoms with van der Waals surface area (Å²) in [5.41, 5.74) is 2.38. The zero-order valence-corrected chi connectivity index (χ0v) is 14.3. The Kier molecular flexibility index (Phi) is 3.38. The molecule has 0 bridgehead atoms. The lowest BCUT2D eigenvalue weighted by Gasteiger charge is -2.16. The van der Waals surface area contributed by atoms with Gasteiger partial charge in [0.05, 0.1) is 0 Å². The van der Waals surface area contributed by atoms with Gasteiger partial charge in [-0.3, -0.25) is 13.9 Å². The smallest absolute Gasteiger partial charge is 0.310 e. The first-order valence-electron chi connectivity index (χ1n) is 8.18. The summed E-state index contributed by atoms with van der Waals surface area (Å²) in [7, 11) is 1.64. The first-order chi connectivity index (χ1) is 12.0. The third-order valence-electron chi connectivity index (χ3n) is 4.63. The molecule has 7 heteroatoms. The molecule has 0 spiro atoms. The van der Waals surface area contributed by atoms with Crippen LogP contribution in [0.4, 0.5) is 11.6 Å². The van der Waals surface area contributed by atoms with Crippen LogP contribution in [0.15, 0.2) is 46.5 Å². The van der Waals surface area contributed by atoms with E-state index < -0.39 is 0 Å². The van der Waals surface area contributed by atoms with Crippen LogP contribution < -0.4 is 16.1 Å². The number of hydrogen-bond donors (Lipinski definition) is 0. The Morgan fingerprint density at radius 1 is 1.28 bits per heavy atom. The molecule has 4 rings (SSSR count). The summed E-state index contributed by atoms with van der Waals surface area (Å²) in [6.07, 6.45) is 1.55. The minimum Gasteiger partial charge on any atom is -0.310 e. The van der Waals surface area contributed by atoms with Crippen LogP contribution in [0.3, 0.4) is 0 Å². The van der Waals surface area contributed by atoms with Crippen molar-refractivity contribution < 1.29 is 0 Å². The number of aryl methyl sites for hydroxylation is 2. The number of benzene rings is 1. The van der Waals surface area contributed by atoms with Gasteiger partial charge in [-0.2, -0.15) is 4.98 Å². The molecule has 0 amide bonds. The molecule has 25 heavy (non-hydrogen) atoms. The SMILES string of the molecule is C=CCn1c(=O)c2c(nc3n2CCN3c2cccc(C)c2)n(C)c1=O. The quantitative estimate of drug-likeness (QED) is 0.680. The Morgan fingerprint density at radius 2 is 2.08 bits per heavy atom. The average Bonchev–Trinajstić information content (AvgIpc) is 3.16. The standard InChI is InChI=1S/C18H19N5O2/c1-4-8-23-16(24)14-15(20(3)18(23)25)19-17-21(9-10-22(14)17)13-7-5-6-12(2)11-13/h4-7,11H,1,8-10H2,2-3H3. The van der Waals surface area contributed by atoms with E-state index in [4.69, 9.17) is 0 Å². The molecule has 1 aromatic carbocycles. The van der Waals surface area contributed by atoms with Gasteiger partial charge < -0.3 is 9.47 Å². The van der Waals surface area contributed by atoms with E-state index >= 15 is 0 Å². The van der Waals surface area contributed by atoms with Crippen molar-refractivity contribution in [2.75, 3.05) is 11.4 Å². The lowest BCUT2D eigenvalue weighted by atomic mass is 10.2. The van der Waals surface area contributed by atoms with Gasteiger partial charge in [-0.15, -0.1) is 6.58 Å². The number of hydrogen-bond acceptors (Lipinski definition) is 4. The van der Waals surface area contributed by atoms with Gasteiger partial charge >= 0.3 is 5.69 Å². The molecule has 0 fully saturated rings. The fraction of sp³-hybridized carbons (Fsp3) is 0.278. The van der Waals surface area contributed by atoms with Crippen molar-refractivity contribution in [2.24, 2.45) is 7.05 Å². The topological polar surface area (TPSA) is 65.1 Å². The van der Waals surface area contributed by atoms with E-state index in [1.54, 1.807) is 13.1 Å². The number of nitrogens with zero attached hydrogens (tertiary/aromatic N) is 5. The zero-order valence-electron chi connectivity index (χ0n) is 14.3. The Labute approximate surface area is 144 Å². The van der Waals surface area contributed by atoms with Gasteiger partial charge in [0.1, 0.15) is 0 Å². The highest BCUT2D eigenvalue weighted by Crippen LogP contribution is 2.31. The third-order valence-corrected chi connectivity index (χ3v) is 4.63. The number of aromatic nitrogens is 4. The molecule has 1 aliphatic rings. The minimum absolute atomic E-state index is 0.184. The first-order valence-corrected chi connectivity index (χ1v) is 8.18. The lowest BCUT2D eigenvalue weighted by Crippen LogP contribution is -2.39. The van der Waals surface area contributed by atoms with Crippen molar-refractivity contribution >= 4 is 22.8 Å². The van der Waals surface area contributed by atoms with Crippen LogP contribution in [0.2, 0.25) is 0 Å². The molecule has 0 unspecified atom stereocenters. The summed E-state index contributed by atoms with van der Waals surface area (Å²) < 4.78 is 4.53. The molecule has 3 heterocycles. The fourth-order valence-electron chi connectivity index (χ4n) is 3.41. The summed E-state index contributed by atoms with van der Waals surface area (Å²) in [6, 6.07) is 8.16. The van der Waals surface area contributed by atoms with E-state index in [-0.39, 0.29) is 17.8 Å². The maximum Gasteiger partial charge on any atom is 0.332 e. The molecule has 1 aliphatic heterocycles. The summed E-state index contributed by atoms with van der Waals surface area (Å²) in [5, 5.41) is 0. The summed E-state index contributed by atoms with van der Waals surface area (Å²) >= 11 is 0. The molecular weight excluding hydrogens is 318 g/mol. The van der Waals surface area contributed by atoms with Crippen LogP contribution in [0.5, 0.6) is 0 Å². The van der Waals surface area contributed by atoms with Crippen LogP contribution in [-0.4, -0.2) is 25.2 Å². The molecule has 0 N–H and O–H groups in total. The van der Waals surface area contributed by atoms with Gasteiger partial charge in [0.25, 0.3) is 5.56 Å². The summed E-state index contributed by atoms with van der Waals surface area (Å²) in [6.45, 7) is 7.25. The van der Waals surface area contributed by atoms with Crippen molar-refractivity contribution in [1.29, 1.82) is 0 Å². The number of anilines is 2. The second kappa shape index (κ2) is 5.47. The highest BCUT2D eigenvalue weighted by Gasteiger charge is 2.28. The molecular formula is C18H19N5O2. The monoisotopic (exact) mass is 337 g/mol. The van der Waals surface area contributed by atoms with Crippen molar-refractivity contribution in [3.63, 3.8) is 0 Å². The fourth-order valence-corrected chi connectivity index (χ4v) is 3.41. The number of rotatable bonds is 3. The molecule has 0 saturated carbocycles. The molecule has 2 aromatic heterocycles. The zero-order chi connectivity index (χ0) is 17.7. The van der Waals surface area contributed by atoms with E-state index in [1.807, 2.05) is 29.7 Å². The summed E-state index contributed by atoms with van der Waals surface area (Å²) in [4.78, 5) is 32.0. The first kappa shape index (κ1) is 15.4. The van der Waals surface area contributed by atoms with Crippen molar-refractivity contribution in [2.45, 2.75) is 20.0 Å². The van der Waals surface area contributed by atoms with Crippen molar-refractivity contribution in [3.8, 4) is 0 Å². The van der Waals surface area contributed by atoms with Crippen molar-refractivity contribution in [3.05, 3.63) is 63.3 Å². The van der Waals surface area contributed by atoms with Gasteiger partial charge in [-0.25, -0.2) is 4.79 Å². The summed E-state index contributed by atoms with van der Waals surface area (Å²) in [5.74, 6) is 0.698. The maximum absolute atomic E-state index is 12.8. The molecule has 3 aromatic rings. The Morgan fingerprint density at radius 3 is 2.80 bits per heavy atom. The van der Waals surface area contributed by atoms with E-state index in [0.29, 0.717) is 23.7 Å². The minimum atomic E-state index is -0.378. The van der Waals surface area contributed by atoms with E-state index in [2.05, 4.69) is 22.5 Å². The molecule has 0 radical (unpaired) electrons. The van der Waals surface area contributed by atoms with Crippen LogP contribution in [0.25, 0.3) is 11.2 Å².